The molecule has 1 atom stereocenters. The van der Waals surface area contributed by atoms with Crippen molar-refractivity contribution in [3.05, 3.63) is 34.9 Å². The highest BCUT2D eigenvalue weighted by atomic mass is 16.4. The van der Waals surface area contributed by atoms with Gasteiger partial charge in [0, 0.05) is 0 Å². The molecule has 2 rings (SSSR count). The third kappa shape index (κ3) is 2.36. The summed E-state index contributed by atoms with van der Waals surface area (Å²) >= 11 is 0. The Balaban J connectivity index is 2.21. The van der Waals surface area contributed by atoms with Crippen LogP contribution in [0.5, 0.6) is 0 Å². The number of aliphatic carboxylic acids is 1. The van der Waals surface area contributed by atoms with Gasteiger partial charge in [-0.05, 0) is 55.7 Å². The average molecular weight is 232 g/mol. The maximum absolute atomic E-state index is 11.3. The summed E-state index contributed by atoms with van der Waals surface area (Å²) in [6.45, 7) is 3.78. The molecule has 0 radical (unpaired) electrons. The van der Waals surface area contributed by atoms with Crippen LogP contribution in [0.15, 0.2) is 18.2 Å². The van der Waals surface area contributed by atoms with E-state index in [-0.39, 0.29) is 0 Å². The molecule has 1 N–H and O–H groups in total. The van der Waals surface area contributed by atoms with E-state index in [1.54, 1.807) is 0 Å². The van der Waals surface area contributed by atoms with Crippen molar-refractivity contribution in [2.45, 2.75) is 46.0 Å². The van der Waals surface area contributed by atoms with Crippen molar-refractivity contribution in [3.63, 3.8) is 0 Å². The van der Waals surface area contributed by atoms with Crippen LogP contribution in [0.25, 0.3) is 0 Å². The molecule has 0 saturated carbocycles. The second-order valence-corrected chi connectivity index (χ2v) is 5.35. The number of hydrogen-bond acceptors (Lipinski definition) is 1. The Morgan fingerprint density at radius 2 is 2.06 bits per heavy atom. The number of hydrogen-bond donors (Lipinski definition) is 1. The summed E-state index contributed by atoms with van der Waals surface area (Å²) in [5.74, 6) is -0.694. The fraction of sp³-hybridized carbons (Fsp3) is 0.533. The van der Waals surface area contributed by atoms with E-state index >= 15 is 0 Å². The standard InChI is InChI=1S/C15H20O2/c1-3-15(2,14(16)17)10-11-7-8-12-5-4-6-13(12)9-11/h7-9H,3-6,10H2,1-2H3,(H,16,17). The monoisotopic (exact) mass is 232 g/mol. The van der Waals surface area contributed by atoms with Crippen molar-refractivity contribution in [2.24, 2.45) is 5.41 Å². The Bertz CT molecular complexity index is 437. The molecule has 1 unspecified atom stereocenters. The van der Waals surface area contributed by atoms with Gasteiger partial charge in [-0.1, -0.05) is 25.1 Å². The van der Waals surface area contributed by atoms with E-state index < -0.39 is 11.4 Å². The van der Waals surface area contributed by atoms with Crippen molar-refractivity contribution in [1.82, 2.24) is 0 Å². The summed E-state index contributed by atoms with van der Waals surface area (Å²) < 4.78 is 0. The minimum Gasteiger partial charge on any atom is -0.481 e. The molecular weight excluding hydrogens is 212 g/mol. The summed E-state index contributed by atoms with van der Waals surface area (Å²) in [6.07, 6.45) is 4.87. The van der Waals surface area contributed by atoms with Crippen LogP contribution in [0, 0.1) is 5.41 Å². The molecule has 2 nitrogen and oxygen atoms in total. The fourth-order valence-corrected chi connectivity index (χ4v) is 2.54. The largest absolute Gasteiger partial charge is 0.481 e. The van der Waals surface area contributed by atoms with Gasteiger partial charge in [0.05, 0.1) is 5.41 Å². The quantitative estimate of drug-likeness (QED) is 0.865. The summed E-state index contributed by atoms with van der Waals surface area (Å²) in [4.78, 5) is 11.3. The van der Waals surface area contributed by atoms with E-state index in [4.69, 9.17) is 0 Å². The lowest BCUT2D eigenvalue weighted by Gasteiger charge is -2.23. The molecule has 0 heterocycles. The number of carbonyl (C=O) groups is 1. The molecule has 0 fully saturated rings. The van der Waals surface area contributed by atoms with Gasteiger partial charge in [-0.3, -0.25) is 4.79 Å². The molecule has 17 heavy (non-hydrogen) atoms. The predicted molar refractivity (Wildman–Crippen MR) is 68.2 cm³/mol. The third-order valence-electron chi connectivity index (χ3n) is 4.05. The van der Waals surface area contributed by atoms with Crippen LogP contribution in [0.4, 0.5) is 0 Å². The number of rotatable bonds is 4. The number of carboxylic acids is 1. The molecule has 1 aliphatic rings. The maximum atomic E-state index is 11.3. The lowest BCUT2D eigenvalue weighted by atomic mass is 9.81. The highest BCUT2D eigenvalue weighted by Crippen LogP contribution is 2.29. The maximum Gasteiger partial charge on any atom is 0.309 e. The summed E-state index contributed by atoms with van der Waals surface area (Å²) in [6, 6.07) is 6.48. The van der Waals surface area contributed by atoms with Crippen LogP contribution >= 0.6 is 0 Å². The molecule has 1 aliphatic carbocycles. The van der Waals surface area contributed by atoms with Crippen molar-refractivity contribution < 1.29 is 9.90 Å². The van der Waals surface area contributed by atoms with E-state index in [9.17, 15) is 9.90 Å². The molecule has 0 bridgehead atoms. The van der Waals surface area contributed by atoms with Gasteiger partial charge in [0.15, 0.2) is 0 Å². The van der Waals surface area contributed by atoms with Crippen LogP contribution in [0.2, 0.25) is 0 Å². The number of fused-ring (bicyclic) bond motifs is 1. The number of benzene rings is 1. The predicted octanol–water partition coefficient (Wildman–Crippen LogP) is 3.22. The molecule has 2 heteroatoms. The van der Waals surface area contributed by atoms with Crippen molar-refractivity contribution >= 4 is 5.97 Å². The van der Waals surface area contributed by atoms with Crippen molar-refractivity contribution in [3.8, 4) is 0 Å². The molecule has 0 amide bonds. The van der Waals surface area contributed by atoms with Gasteiger partial charge in [-0.2, -0.15) is 0 Å². The van der Waals surface area contributed by atoms with E-state index in [2.05, 4.69) is 18.2 Å². The average Bonchev–Trinajstić information content (AvgIpc) is 2.75. The molecule has 0 saturated heterocycles. The summed E-state index contributed by atoms with van der Waals surface area (Å²) in [7, 11) is 0. The normalized spacial score (nSPS) is 17.5. The molecule has 1 aromatic rings. The first-order valence-electron chi connectivity index (χ1n) is 6.39. The molecule has 0 aromatic heterocycles. The van der Waals surface area contributed by atoms with E-state index in [0.717, 1.165) is 12.0 Å². The van der Waals surface area contributed by atoms with Gasteiger partial charge >= 0.3 is 5.97 Å². The summed E-state index contributed by atoms with van der Waals surface area (Å²) in [5.41, 5.74) is 3.40. The van der Waals surface area contributed by atoms with Crippen molar-refractivity contribution in [2.75, 3.05) is 0 Å². The Morgan fingerprint density at radius 1 is 1.35 bits per heavy atom. The lowest BCUT2D eigenvalue weighted by molar-refractivity contribution is -0.148. The molecular formula is C15H20O2. The van der Waals surface area contributed by atoms with E-state index in [1.807, 2.05) is 13.8 Å². The highest BCUT2D eigenvalue weighted by Gasteiger charge is 2.31. The minimum atomic E-state index is -0.694. The SMILES string of the molecule is CCC(C)(Cc1ccc2c(c1)CCC2)C(=O)O. The Hall–Kier alpha value is -1.31. The van der Waals surface area contributed by atoms with Crippen LogP contribution in [-0.4, -0.2) is 11.1 Å². The number of aryl methyl sites for hydroxylation is 2. The van der Waals surface area contributed by atoms with Gasteiger partial charge in [-0.25, -0.2) is 0 Å². The highest BCUT2D eigenvalue weighted by molar-refractivity contribution is 5.74. The van der Waals surface area contributed by atoms with E-state index in [0.29, 0.717) is 12.8 Å². The first-order chi connectivity index (χ1) is 8.05. The Morgan fingerprint density at radius 3 is 2.71 bits per heavy atom. The smallest absolute Gasteiger partial charge is 0.309 e. The van der Waals surface area contributed by atoms with Crippen LogP contribution in [0.3, 0.4) is 0 Å². The third-order valence-corrected chi connectivity index (χ3v) is 4.05. The zero-order valence-electron chi connectivity index (χ0n) is 10.6. The van der Waals surface area contributed by atoms with E-state index in [1.165, 1.54) is 24.0 Å². The topological polar surface area (TPSA) is 37.3 Å². The second-order valence-electron chi connectivity index (χ2n) is 5.35. The molecule has 92 valence electrons. The summed E-state index contributed by atoms with van der Waals surface area (Å²) in [5, 5.41) is 9.29. The molecule has 0 aliphatic heterocycles. The van der Waals surface area contributed by atoms with Gasteiger partial charge < -0.3 is 5.11 Å². The van der Waals surface area contributed by atoms with Gasteiger partial charge in [0.1, 0.15) is 0 Å². The molecule has 0 spiro atoms. The van der Waals surface area contributed by atoms with Gasteiger partial charge in [0.25, 0.3) is 0 Å². The van der Waals surface area contributed by atoms with Crippen LogP contribution < -0.4 is 0 Å². The minimum absolute atomic E-state index is 0.631. The second kappa shape index (κ2) is 4.52. The zero-order valence-corrected chi connectivity index (χ0v) is 10.6. The van der Waals surface area contributed by atoms with Gasteiger partial charge in [0.2, 0.25) is 0 Å². The Labute approximate surface area is 103 Å². The first kappa shape index (κ1) is 12.2. The lowest BCUT2D eigenvalue weighted by Crippen LogP contribution is -2.29. The van der Waals surface area contributed by atoms with Crippen LogP contribution in [0.1, 0.15) is 43.4 Å². The molecule has 1 aromatic carbocycles. The first-order valence-corrected chi connectivity index (χ1v) is 6.39. The zero-order chi connectivity index (χ0) is 12.5. The van der Waals surface area contributed by atoms with Crippen LogP contribution in [-0.2, 0) is 24.1 Å². The van der Waals surface area contributed by atoms with Gasteiger partial charge in [-0.15, -0.1) is 0 Å². The fourth-order valence-electron chi connectivity index (χ4n) is 2.54. The number of carboxylic acid groups (broad SMARTS) is 1. The van der Waals surface area contributed by atoms with Crippen molar-refractivity contribution in [1.29, 1.82) is 0 Å². The Kier molecular flexibility index (Phi) is 3.23.